The van der Waals surface area contributed by atoms with Gasteiger partial charge in [-0.2, -0.15) is 0 Å². The van der Waals surface area contributed by atoms with Crippen molar-refractivity contribution >= 4 is 5.97 Å². The minimum absolute atomic E-state index is 0.00962. The van der Waals surface area contributed by atoms with Gasteiger partial charge in [0.1, 0.15) is 0 Å². The van der Waals surface area contributed by atoms with Gasteiger partial charge in [0.15, 0.2) is 0 Å². The molecule has 0 atom stereocenters. The van der Waals surface area contributed by atoms with Crippen molar-refractivity contribution in [2.45, 2.75) is 33.1 Å². The van der Waals surface area contributed by atoms with Crippen LogP contribution >= 0.6 is 0 Å². The number of nitrogens with one attached hydrogen (secondary N) is 2. The first-order valence-corrected chi connectivity index (χ1v) is 6.22. The molecule has 1 rings (SSSR count). The van der Waals surface area contributed by atoms with Crippen LogP contribution in [0.5, 0.6) is 0 Å². The molecule has 1 heterocycles. The van der Waals surface area contributed by atoms with E-state index in [-0.39, 0.29) is 11.4 Å². The zero-order chi connectivity index (χ0) is 13.8. The quantitative estimate of drug-likeness (QED) is 0.762. The molecule has 0 fully saturated rings. The number of aromatic nitrogens is 1. The second-order valence-corrected chi connectivity index (χ2v) is 5.95. The third-order valence-electron chi connectivity index (χ3n) is 3.20. The molecule has 0 amide bonds. The smallest absolute Gasteiger partial charge is 0.312 e. The van der Waals surface area contributed by atoms with Gasteiger partial charge in [-0.3, -0.25) is 4.79 Å². The van der Waals surface area contributed by atoms with Crippen LogP contribution in [0.1, 0.15) is 33.4 Å². The Balaban J connectivity index is 2.49. The Kier molecular flexibility index (Phi) is 4.57. The summed E-state index contributed by atoms with van der Waals surface area (Å²) in [5.74, 6) is -0.187. The lowest BCUT2D eigenvalue weighted by molar-refractivity contribution is -0.150. The molecule has 0 aliphatic heterocycles. The predicted octanol–water partition coefficient (Wildman–Crippen LogP) is 2.08. The van der Waals surface area contributed by atoms with Gasteiger partial charge < -0.3 is 15.0 Å². The molecule has 0 bridgehead atoms. The van der Waals surface area contributed by atoms with Gasteiger partial charge in [0.2, 0.25) is 0 Å². The molecule has 0 unspecified atom stereocenters. The predicted molar refractivity (Wildman–Crippen MR) is 72.5 cm³/mol. The SMILES string of the molecule is COC(=O)C(C)(C)CNCC(C)(C)c1ccc[nH]1. The summed E-state index contributed by atoms with van der Waals surface area (Å²) in [5.41, 5.74) is 0.696. The van der Waals surface area contributed by atoms with Gasteiger partial charge in [0.05, 0.1) is 12.5 Å². The largest absolute Gasteiger partial charge is 0.469 e. The van der Waals surface area contributed by atoms with Crippen molar-refractivity contribution in [2.24, 2.45) is 5.41 Å². The first kappa shape index (κ1) is 14.8. The molecule has 2 N–H and O–H groups in total. The maximum Gasteiger partial charge on any atom is 0.312 e. The Morgan fingerprint density at radius 3 is 2.50 bits per heavy atom. The number of hydrogen-bond donors (Lipinski definition) is 2. The molecule has 18 heavy (non-hydrogen) atoms. The third kappa shape index (κ3) is 3.60. The summed E-state index contributed by atoms with van der Waals surface area (Å²) in [6, 6.07) is 4.07. The van der Waals surface area contributed by atoms with E-state index < -0.39 is 5.41 Å². The highest BCUT2D eigenvalue weighted by atomic mass is 16.5. The van der Waals surface area contributed by atoms with Gasteiger partial charge in [0.25, 0.3) is 0 Å². The monoisotopic (exact) mass is 252 g/mol. The molecular weight excluding hydrogens is 228 g/mol. The van der Waals surface area contributed by atoms with E-state index in [1.807, 2.05) is 26.1 Å². The molecule has 0 saturated heterocycles. The molecule has 1 aromatic heterocycles. The topological polar surface area (TPSA) is 54.1 Å². The van der Waals surface area contributed by atoms with Crippen LogP contribution in [0.2, 0.25) is 0 Å². The maximum absolute atomic E-state index is 11.5. The summed E-state index contributed by atoms with van der Waals surface area (Å²) in [5, 5.41) is 3.35. The zero-order valence-electron chi connectivity index (χ0n) is 12.0. The highest BCUT2D eigenvalue weighted by Crippen LogP contribution is 2.21. The van der Waals surface area contributed by atoms with Crippen molar-refractivity contribution < 1.29 is 9.53 Å². The molecule has 0 aliphatic carbocycles. The van der Waals surface area contributed by atoms with E-state index in [0.717, 1.165) is 6.54 Å². The van der Waals surface area contributed by atoms with Crippen LogP contribution in [-0.2, 0) is 14.9 Å². The molecular formula is C14H24N2O2. The first-order chi connectivity index (χ1) is 8.29. The van der Waals surface area contributed by atoms with Gasteiger partial charge in [0, 0.05) is 30.4 Å². The van der Waals surface area contributed by atoms with Crippen LogP contribution < -0.4 is 5.32 Å². The zero-order valence-corrected chi connectivity index (χ0v) is 12.0. The van der Waals surface area contributed by atoms with Crippen LogP contribution in [0.15, 0.2) is 18.3 Å². The van der Waals surface area contributed by atoms with Crippen LogP contribution in [0.25, 0.3) is 0 Å². The van der Waals surface area contributed by atoms with Crippen molar-refractivity contribution in [3.05, 3.63) is 24.0 Å². The number of methoxy groups -OCH3 is 1. The third-order valence-corrected chi connectivity index (χ3v) is 3.20. The van der Waals surface area contributed by atoms with E-state index in [4.69, 9.17) is 4.74 Å². The Labute approximate surface area is 109 Å². The Bertz CT molecular complexity index is 381. The van der Waals surface area contributed by atoms with E-state index in [9.17, 15) is 4.79 Å². The van der Waals surface area contributed by atoms with E-state index >= 15 is 0 Å². The van der Waals surface area contributed by atoms with Crippen LogP contribution in [0.3, 0.4) is 0 Å². The lowest BCUT2D eigenvalue weighted by atomic mass is 9.88. The second-order valence-electron chi connectivity index (χ2n) is 5.95. The number of carbonyl (C=O) groups excluding carboxylic acids is 1. The average Bonchev–Trinajstić information content (AvgIpc) is 2.81. The minimum atomic E-state index is -0.499. The van der Waals surface area contributed by atoms with Gasteiger partial charge >= 0.3 is 5.97 Å². The van der Waals surface area contributed by atoms with Crippen molar-refractivity contribution in [3.63, 3.8) is 0 Å². The fraction of sp³-hybridized carbons (Fsp3) is 0.643. The highest BCUT2D eigenvalue weighted by molar-refractivity contribution is 5.76. The number of hydrogen-bond acceptors (Lipinski definition) is 3. The first-order valence-electron chi connectivity index (χ1n) is 6.22. The standard InChI is InChI=1S/C14H24N2O2/c1-13(2,11-7-6-8-16-11)9-15-10-14(3,4)12(17)18-5/h6-8,15-16H,9-10H2,1-5H3. The molecule has 0 aliphatic rings. The maximum atomic E-state index is 11.5. The van der Waals surface area contributed by atoms with Crippen LogP contribution in [0.4, 0.5) is 0 Å². The number of aromatic amines is 1. The summed E-state index contributed by atoms with van der Waals surface area (Å²) in [7, 11) is 1.42. The van der Waals surface area contributed by atoms with Crippen LogP contribution in [-0.4, -0.2) is 31.2 Å². The summed E-state index contributed by atoms with van der Waals surface area (Å²) in [4.78, 5) is 14.8. The van der Waals surface area contributed by atoms with Gasteiger partial charge in [-0.1, -0.05) is 13.8 Å². The van der Waals surface area contributed by atoms with Crippen molar-refractivity contribution in [2.75, 3.05) is 20.2 Å². The molecule has 0 aromatic carbocycles. The fourth-order valence-corrected chi connectivity index (χ4v) is 1.88. The van der Waals surface area contributed by atoms with Gasteiger partial charge in [-0.15, -0.1) is 0 Å². The highest BCUT2D eigenvalue weighted by Gasteiger charge is 2.29. The summed E-state index contributed by atoms with van der Waals surface area (Å²) >= 11 is 0. The van der Waals surface area contributed by atoms with E-state index in [1.165, 1.54) is 12.8 Å². The number of ether oxygens (including phenoxy) is 1. The lowest BCUT2D eigenvalue weighted by Gasteiger charge is -2.27. The molecule has 0 saturated carbocycles. The van der Waals surface area contributed by atoms with Crippen LogP contribution in [0, 0.1) is 5.41 Å². The van der Waals surface area contributed by atoms with E-state index in [0.29, 0.717) is 6.54 Å². The molecule has 0 spiro atoms. The Hall–Kier alpha value is -1.29. The summed E-state index contributed by atoms with van der Waals surface area (Å²) in [6.45, 7) is 9.49. The van der Waals surface area contributed by atoms with Crippen molar-refractivity contribution in [3.8, 4) is 0 Å². The molecule has 4 nitrogen and oxygen atoms in total. The number of H-pyrrole nitrogens is 1. The fourth-order valence-electron chi connectivity index (χ4n) is 1.88. The second kappa shape index (κ2) is 5.57. The van der Waals surface area contributed by atoms with Gasteiger partial charge in [-0.05, 0) is 26.0 Å². The van der Waals surface area contributed by atoms with Gasteiger partial charge in [-0.25, -0.2) is 0 Å². The molecule has 4 heteroatoms. The normalized spacial score (nSPS) is 12.5. The number of rotatable bonds is 6. The van der Waals surface area contributed by atoms with E-state index in [2.05, 4.69) is 30.2 Å². The Morgan fingerprint density at radius 2 is 2.00 bits per heavy atom. The minimum Gasteiger partial charge on any atom is -0.469 e. The van der Waals surface area contributed by atoms with Crippen molar-refractivity contribution in [1.82, 2.24) is 10.3 Å². The molecule has 102 valence electrons. The van der Waals surface area contributed by atoms with Crippen molar-refractivity contribution in [1.29, 1.82) is 0 Å². The molecule has 1 aromatic rings. The Morgan fingerprint density at radius 1 is 1.33 bits per heavy atom. The summed E-state index contributed by atoms with van der Waals surface area (Å²) in [6.07, 6.45) is 1.93. The molecule has 0 radical (unpaired) electrons. The number of carbonyl (C=O) groups is 1. The lowest BCUT2D eigenvalue weighted by Crippen LogP contribution is -2.41. The summed E-state index contributed by atoms with van der Waals surface area (Å²) < 4.78 is 4.78. The number of esters is 1. The van der Waals surface area contributed by atoms with E-state index in [1.54, 1.807) is 0 Å². The average molecular weight is 252 g/mol.